The number of amidine groups is 1. The van der Waals surface area contributed by atoms with Crippen molar-refractivity contribution in [3.8, 4) is 5.75 Å². The summed E-state index contributed by atoms with van der Waals surface area (Å²) in [4.78, 5) is 9.02. The van der Waals surface area contributed by atoms with Crippen molar-refractivity contribution in [3.63, 3.8) is 0 Å². The van der Waals surface area contributed by atoms with Gasteiger partial charge in [0.25, 0.3) is 0 Å². The van der Waals surface area contributed by atoms with Crippen LogP contribution in [0.2, 0.25) is 0 Å². The molecule has 0 saturated carbocycles. The van der Waals surface area contributed by atoms with Gasteiger partial charge in [-0.1, -0.05) is 12.1 Å². The van der Waals surface area contributed by atoms with Crippen molar-refractivity contribution >= 4 is 22.7 Å². The molecule has 2 aromatic carbocycles. The van der Waals surface area contributed by atoms with Gasteiger partial charge in [0.2, 0.25) is 5.79 Å². The van der Waals surface area contributed by atoms with Crippen LogP contribution in [0.15, 0.2) is 59.6 Å². The molecule has 0 aliphatic carbocycles. The fourth-order valence-electron chi connectivity index (χ4n) is 3.19. The van der Waals surface area contributed by atoms with Crippen LogP contribution in [-0.2, 0) is 5.79 Å². The minimum absolute atomic E-state index is 0.342. The van der Waals surface area contributed by atoms with Gasteiger partial charge in [-0.05, 0) is 43.3 Å². The molecule has 1 aliphatic rings. The number of methoxy groups -OCH3 is 1. The van der Waals surface area contributed by atoms with Gasteiger partial charge in [-0.25, -0.2) is 9.98 Å². The topological polar surface area (TPSA) is 103 Å². The average molecular weight is 348 g/mol. The summed E-state index contributed by atoms with van der Waals surface area (Å²) >= 11 is 0. The van der Waals surface area contributed by atoms with Crippen LogP contribution in [0.1, 0.15) is 11.4 Å². The third-order valence-corrected chi connectivity index (χ3v) is 4.41. The van der Waals surface area contributed by atoms with Gasteiger partial charge in [-0.2, -0.15) is 0 Å². The number of ether oxygens (including phenoxy) is 1. The molecule has 7 heteroatoms. The number of benzene rings is 2. The Labute approximate surface area is 151 Å². The molecule has 3 aromatic rings. The zero-order chi connectivity index (χ0) is 18.3. The highest BCUT2D eigenvalue weighted by Gasteiger charge is 2.32. The second-order valence-electron chi connectivity index (χ2n) is 6.17. The van der Waals surface area contributed by atoms with Gasteiger partial charge in [0.15, 0.2) is 0 Å². The Hall–Kier alpha value is -3.32. The summed E-state index contributed by atoms with van der Waals surface area (Å²) in [6.45, 7) is 1.94. The highest BCUT2D eigenvalue weighted by molar-refractivity contribution is 5.98. The van der Waals surface area contributed by atoms with Gasteiger partial charge >= 0.3 is 0 Å². The molecule has 26 heavy (non-hydrogen) atoms. The lowest BCUT2D eigenvalue weighted by Gasteiger charge is -2.33. The third kappa shape index (κ3) is 2.58. The Morgan fingerprint density at radius 2 is 1.85 bits per heavy atom. The standard InChI is InChI=1S/C19H20N6O/c1-12-22-15-5-3-4-6-16(15)25(12)18-11-17(20)23-19(21,24-18)13-7-9-14(26-2)10-8-13/h3-11,24H,21H2,1-2H3,(H2,20,23). The highest BCUT2D eigenvalue weighted by Crippen LogP contribution is 2.27. The van der Waals surface area contributed by atoms with Crippen LogP contribution in [0, 0.1) is 6.92 Å². The van der Waals surface area contributed by atoms with E-state index < -0.39 is 5.79 Å². The molecule has 1 unspecified atom stereocenters. The predicted octanol–water partition coefficient (Wildman–Crippen LogP) is 1.88. The Morgan fingerprint density at radius 3 is 2.58 bits per heavy atom. The summed E-state index contributed by atoms with van der Waals surface area (Å²) in [5.41, 5.74) is 15.3. The molecule has 0 amide bonds. The van der Waals surface area contributed by atoms with E-state index in [4.69, 9.17) is 16.2 Å². The smallest absolute Gasteiger partial charge is 0.212 e. The molecule has 1 atom stereocenters. The normalized spacial score (nSPS) is 19.7. The average Bonchev–Trinajstić information content (AvgIpc) is 2.96. The van der Waals surface area contributed by atoms with Crippen molar-refractivity contribution in [2.24, 2.45) is 16.5 Å². The molecular weight excluding hydrogens is 328 g/mol. The number of aryl methyl sites for hydroxylation is 1. The second kappa shape index (κ2) is 5.89. The van der Waals surface area contributed by atoms with Crippen LogP contribution in [0.4, 0.5) is 0 Å². The van der Waals surface area contributed by atoms with E-state index in [9.17, 15) is 0 Å². The van der Waals surface area contributed by atoms with E-state index in [0.29, 0.717) is 5.84 Å². The zero-order valence-corrected chi connectivity index (χ0v) is 14.6. The number of hydrogen-bond donors (Lipinski definition) is 3. The molecule has 0 radical (unpaired) electrons. The minimum atomic E-state index is -1.18. The number of nitrogens with zero attached hydrogens (tertiary/aromatic N) is 3. The quantitative estimate of drug-likeness (QED) is 0.670. The molecule has 0 fully saturated rings. The molecule has 4 rings (SSSR count). The van der Waals surface area contributed by atoms with E-state index in [0.717, 1.165) is 34.0 Å². The first-order valence-corrected chi connectivity index (χ1v) is 8.23. The van der Waals surface area contributed by atoms with Gasteiger partial charge in [0.05, 0.1) is 18.1 Å². The fourth-order valence-corrected chi connectivity index (χ4v) is 3.19. The first-order valence-electron chi connectivity index (χ1n) is 8.23. The second-order valence-corrected chi connectivity index (χ2v) is 6.17. The summed E-state index contributed by atoms with van der Waals surface area (Å²) in [7, 11) is 1.62. The van der Waals surface area contributed by atoms with Crippen molar-refractivity contribution in [2.45, 2.75) is 12.7 Å². The summed E-state index contributed by atoms with van der Waals surface area (Å²) in [5, 5.41) is 3.30. The Balaban J connectivity index is 1.79. The van der Waals surface area contributed by atoms with Crippen LogP contribution in [0.5, 0.6) is 5.75 Å². The molecule has 0 spiro atoms. The van der Waals surface area contributed by atoms with Crippen LogP contribution >= 0.6 is 0 Å². The van der Waals surface area contributed by atoms with Crippen molar-refractivity contribution in [3.05, 3.63) is 66.0 Å². The molecule has 1 aliphatic heterocycles. The summed E-state index contributed by atoms with van der Waals surface area (Å²) < 4.78 is 7.20. The van der Waals surface area contributed by atoms with Crippen LogP contribution in [-0.4, -0.2) is 22.5 Å². The minimum Gasteiger partial charge on any atom is -0.497 e. The Morgan fingerprint density at radius 1 is 1.12 bits per heavy atom. The Kier molecular flexibility index (Phi) is 3.66. The summed E-state index contributed by atoms with van der Waals surface area (Å²) in [6, 6.07) is 15.3. The van der Waals surface area contributed by atoms with Crippen LogP contribution in [0.25, 0.3) is 16.9 Å². The third-order valence-electron chi connectivity index (χ3n) is 4.41. The number of nitrogens with one attached hydrogen (secondary N) is 1. The maximum absolute atomic E-state index is 6.56. The number of hydrogen-bond acceptors (Lipinski definition) is 6. The van der Waals surface area contributed by atoms with E-state index in [1.165, 1.54) is 0 Å². The maximum Gasteiger partial charge on any atom is 0.212 e. The largest absolute Gasteiger partial charge is 0.497 e. The number of imidazole rings is 1. The molecule has 132 valence electrons. The number of aromatic nitrogens is 2. The van der Waals surface area contributed by atoms with Crippen LogP contribution in [0.3, 0.4) is 0 Å². The van der Waals surface area contributed by atoms with Gasteiger partial charge in [-0.15, -0.1) is 0 Å². The molecular formula is C19H20N6O. The fraction of sp³-hybridized carbons (Fsp3) is 0.158. The zero-order valence-electron chi connectivity index (χ0n) is 14.6. The maximum atomic E-state index is 6.56. The molecule has 5 N–H and O–H groups in total. The van der Waals surface area contributed by atoms with Crippen LogP contribution < -0.4 is 21.5 Å². The number of rotatable bonds is 3. The number of fused-ring (bicyclic) bond motifs is 1. The van der Waals surface area contributed by atoms with E-state index >= 15 is 0 Å². The van der Waals surface area contributed by atoms with E-state index in [1.54, 1.807) is 13.2 Å². The monoisotopic (exact) mass is 348 g/mol. The first-order chi connectivity index (χ1) is 12.5. The molecule has 1 aromatic heterocycles. The van der Waals surface area contributed by atoms with Crippen molar-refractivity contribution < 1.29 is 4.74 Å². The molecule has 0 bridgehead atoms. The SMILES string of the molecule is COc1ccc(C2(N)N=C(N)C=C(n3c(C)nc4ccccc43)N2)cc1. The predicted molar refractivity (Wildman–Crippen MR) is 102 cm³/mol. The van der Waals surface area contributed by atoms with E-state index in [1.807, 2.05) is 60.0 Å². The number of para-hydroxylation sites is 2. The molecule has 2 heterocycles. The lowest BCUT2D eigenvalue weighted by atomic mass is 10.1. The summed E-state index contributed by atoms with van der Waals surface area (Å²) in [6.07, 6.45) is 1.76. The van der Waals surface area contributed by atoms with E-state index in [2.05, 4.69) is 15.3 Å². The van der Waals surface area contributed by atoms with Gasteiger partial charge in [0.1, 0.15) is 23.2 Å². The van der Waals surface area contributed by atoms with Crippen molar-refractivity contribution in [1.82, 2.24) is 14.9 Å². The van der Waals surface area contributed by atoms with Gasteiger partial charge < -0.3 is 15.8 Å². The van der Waals surface area contributed by atoms with Crippen molar-refractivity contribution in [1.29, 1.82) is 0 Å². The van der Waals surface area contributed by atoms with Gasteiger partial charge in [-0.3, -0.25) is 10.3 Å². The summed E-state index contributed by atoms with van der Waals surface area (Å²) in [5.74, 6) is 1.46. The molecule has 7 nitrogen and oxygen atoms in total. The molecule has 0 saturated heterocycles. The lowest BCUT2D eigenvalue weighted by molar-refractivity contribution is 0.403. The van der Waals surface area contributed by atoms with Crippen molar-refractivity contribution in [2.75, 3.05) is 7.11 Å². The number of aliphatic imine (C=N–C) groups is 1. The van der Waals surface area contributed by atoms with Gasteiger partial charge in [0, 0.05) is 11.6 Å². The van der Waals surface area contributed by atoms with E-state index in [-0.39, 0.29) is 0 Å². The lowest BCUT2D eigenvalue weighted by Crippen LogP contribution is -2.52. The highest BCUT2D eigenvalue weighted by atomic mass is 16.5. The number of nitrogens with two attached hydrogens (primary N) is 2. The Bertz CT molecular complexity index is 1030. The first kappa shape index (κ1) is 16.2.